The highest BCUT2D eigenvalue weighted by atomic mass is 35.5. The van der Waals surface area contributed by atoms with Gasteiger partial charge in [0, 0.05) is 11.4 Å². The van der Waals surface area contributed by atoms with Crippen molar-refractivity contribution in [1.29, 1.82) is 5.26 Å². The Bertz CT molecular complexity index is 451. The van der Waals surface area contributed by atoms with E-state index in [1.807, 2.05) is 6.07 Å². The first-order valence-corrected chi connectivity index (χ1v) is 5.03. The summed E-state index contributed by atoms with van der Waals surface area (Å²) in [5.74, 6) is -0.446. The number of carboxylic acids is 1. The number of hydrogen-bond donors (Lipinski definition) is 1. The fraction of sp³-hybridized carbons (Fsp3) is 0.273. The number of carboxylic acid groups (broad SMARTS) is 1. The molecule has 5 heteroatoms. The summed E-state index contributed by atoms with van der Waals surface area (Å²) in [6.45, 7) is 0. The minimum atomic E-state index is -0.978. The van der Waals surface area contributed by atoms with E-state index in [0.29, 0.717) is 22.4 Å². The van der Waals surface area contributed by atoms with Crippen LogP contribution in [-0.4, -0.2) is 18.2 Å². The highest BCUT2D eigenvalue weighted by molar-refractivity contribution is 6.17. The van der Waals surface area contributed by atoms with Gasteiger partial charge >= 0.3 is 5.97 Å². The Balaban J connectivity index is 3.32. The topological polar surface area (TPSA) is 70.3 Å². The SMILES string of the molecule is COc1c(C#N)cc(CCl)cc1CC(=O)O. The zero-order valence-electron chi connectivity index (χ0n) is 8.66. The van der Waals surface area contributed by atoms with Gasteiger partial charge in [0.1, 0.15) is 11.8 Å². The maximum atomic E-state index is 10.7. The first-order valence-electron chi connectivity index (χ1n) is 4.50. The van der Waals surface area contributed by atoms with Gasteiger partial charge in [-0.3, -0.25) is 4.79 Å². The maximum absolute atomic E-state index is 10.7. The van der Waals surface area contributed by atoms with Crippen LogP contribution in [0.1, 0.15) is 16.7 Å². The second kappa shape index (κ2) is 5.38. The molecule has 0 heterocycles. The Labute approximate surface area is 98.0 Å². The molecule has 0 amide bonds. The highest BCUT2D eigenvalue weighted by Gasteiger charge is 2.13. The first kappa shape index (κ1) is 12.3. The fourth-order valence-corrected chi connectivity index (χ4v) is 1.60. The van der Waals surface area contributed by atoms with Crippen LogP contribution in [0.2, 0.25) is 0 Å². The summed E-state index contributed by atoms with van der Waals surface area (Å²) < 4.78 is 5.04. The average Bonchev–Trinajstić information content (AvgIpc) is 2.27. The van der Waals surface area contributed by atoms with Crippen molar-refractivity contribution in [2.24, 2.45) is 0 Å². The van der Waals surface area contributed by atoms with Gasteiger partial charge in [0.25, 0.3) is 0 Å². The number of rotatable bonds is 4. The third-order valence-corrected chi connectivity index (χ3v) is 2.35. The van der Waals surface area contributed by atoms with Crippen molar-refractivity contribution in [2.45, 2.75) is 12.3 Å². The van der Waals surface area contributed by atoms with E-state index in [0.717, 1.165) is 0 Å². The Morgan fingerprint density at radius 1 is 1.62 bits per heavy atom. The van der Waals surface area contributed by atoms with Gasteiger partial charge in [-0.05, 0) is 11.6 Å². The molecule has 0 radical (unpaired) electrons. The molecule has 1 N–H and O–H groups in total. The van der Waals surface area contributed by atoms with Crippen LogP contribution in [0.4, 0.5) is 0 Å². The van der Waals surface area contributed by atoms with E-state index >= 15 is 0 Å². The monoisotopic (exact) mass is 239 g/mol. The van der Waals surface area contributed by atoms with Crippen molar-refractivity contribution in [3.05, 3.63) is 28.8 Å². The standard InChI is InChI=1S/C11H10ClNO3/c1-16-11-8(4-10(14)15)2-7(5-12)3-9(11)6-13/h2-3H,4-5H2,1H3,(H,14,15). The third kappa shape index (κ3) is 2.65. The van der Waals surface area contributed by atoms with Gasteiger partial charge in [-0.25, -0.2) is 0 Å². The summed E-state index contributed by atoms with van der Waals surface area (Å²) in [7, 11) is 1.40. The largest absolute Gasteiger partial charge is 0.495 e. The summed E-state index contributed by atoms with van der Waals surface area (Å²) in [5, 5.41) is 17.7. The molecule has 0 aliphatic heterocycles. The van der Waals surface area contributed by atoms with Crippen molar-refractivity contribution in [3.63, 3.8) is 0 Å². The lowest BCUT2D eigenvalue weighted by Gasteiger charge is -2.10. The Kier molecular flexibility index (Phi) is 4.15. The smallest absolute Gasteiger partial charge is 0.307 e. The maximum Gasteiger partial charge on any atom is 0.307 e. The van der Waals surface area contributed by atoms with Crippen LogP contribution in [0, 0.1) is 11.3 Å². The molecule has 0 bridgehead atoms. The van der Waals surface area contributed by atoms with E-state index in [1.165, 1.54) is 7.11 Å². The summed E-state index contributed by atoms with van der Waals surface area (Å²) in [6.07, 6.45) is -0.192. The van der Waals surface area contributed by atoms with Crippen LogP contribution in [0.15, 0.2) is 12.1 Å². The summed E-state index contributed by atoms with van der Waals surface area (Å²) in [5.41, 5.74) is 1.47. The minimum Gasteiger partial charge on any atom is -0.495 e. The third-order valence-electron chi connectivity index (χ3n) is 2.05. The molecule has 0 fully saturated rings. The van der Waals surface area contributed by atoms with Crippen molar-refractivity contribution >= 4 is 17.6 Å². The first-order chi connectivity index (χ1) is 7.62. The van der Waals surface area contributed by atoms with E-state index in [9.17, 15) is 4.79 Å². The molecule has 16 heavy (non-hydrogen) atoms. The number of aliphatic carboxylic acids is 1. The molecule has 1 aromatic rings. The van der Waals surface area contributed by atoms with Gasteiger partial charge in [0.15, 0.2) is 0 Å². The van der Waals surface area contributed by atoms with Crippen molar-refractivity contribution in [1.82, 2.24) is 0 Å². The van der Waals surface area contributed by atoms with Crippen molar-refractivity contribution in [2.75, 3.05) is 7.11 Å². The van der Waals surface area contributed by atoms with Gasteiger partial charge in [0.2, 0.25) is 0 Å². The quantitative estimate of drug-likeness (QED) is 0.815. The lowest BCUT2D eigenvalue weighted by Crippen LogP contribution is -2.04. The molecule has 0 spiro atoms. The van der Waals surface area contributed by atoms with Crippen LogP contribution in [0.5, 0.6) is 5.75 Å². The molecule has 0 saturated carbocycles. The molecule has 0 aliphatic rings. The number of ether oxygens (including phenoxy) is 1. The average molecular weight is 240 g/mol. The number of halogens is 1. The van der Waals surface area contributed by atoms with E-state index in [1.54, 1.807) is 12.1 Å². The Morgan fingerprint density at radius 2 is 2.31 bits per heavy atom. The predicted molar refractivity (Wildman–Crippen MR) is 58.6 cm³/mol. The molecule has 0 saturated heterocycles. The van der Waals surface area contributed by atoms with Gasteiger partial charge in [0.05, 0.1) is 19.1 Å². The second-order valence-electron chi connectivity index (χ2n) is 3.15. The summed E-state index contributed by atoms with van der Waals surface area (Å²) >= 11 is 5.66. The van der Waals surface area contributed by atoms with Crippen LogP contribution < -0.4 is 4.74 Å². The fourth-order valence-electron chi connectivity index (χ4n) is 1.45. The van der Waals surface area contributed by atoms with Crippen molar-refractivity contribution in [3.8, 4) is 11.8 Å². The van der Waals surface area contributed by atoms with Gasteiger partial charge in [-0.1, -0.05) is 6.07 Å². The summed E-state index contributed by atoms with van der Waals surface area (Å²) in [6, 6.07) is 5.19. The molecule has 0 aromatic heterocycles. The molecular formula is C11H10ClNO3. The number of carbonyl (C=O) groups is 1. The molecule has 0 atom stereocenters. The molecule has 4 nitrogen and oxygen atoms in total. The number of hydrogen-bond acceptors (Lipinski definition) is 3. The lowest BCUT2D eigenvalue weighted by atomic mass is 10.0. The van der Waals surface area contributed by atoms with E-state index in [4.69, 9.17) is 26.7 Å². The normalized spacial score (nSPS) is 9.56. The molecule has 1 aromatic carbocycles. The highest BCUT2D eigenvalue weighted by Crippen LogP contribution is 2.26. The van der Waals surface area contributed by atoms with Gasteiger partial charge < -0.3 is 9.84 Å². The molecular weight excluding hydrogens is 230 g/mol. The zero-order valence-corrected chi connectivity index (χ0v) is 9.41. The predicted octanol–water partition coefficient (Wildman–Crippen LogP) is 1.93. The molecule has 0 aliphatic carbocycles. The van der Waals surface area contributed by atoms with Gasteiger partial charge in [-0.2, -0.15) is 5.26 Å². The Hall–Kier alpha value is -1.73. The van der Waals surface area contributed by atoms with Crippen LogP contribution in [0.25, 0.3) is 0 Å². The van der Waals surface area contributed by atoms with E-state index in [2.05, 4.69) is 0 Å². The second-order valence-corrected chi connectivity index (χ2v) is 3.42. The number of alkyl halides is 1. The summed E-state index contributed by atoms with van der Waals surface area (Å²) in [4.78, 5) is 10.7. The van der Waals surface area contributed by atoms with Crippen LogP contribution in [0.3, 0.4) is 0 Å². The number of benzene rings is 1. The number of nitriles is 1. The van der Waals surface area contributed by atoms with Crippen molar-refractivity contribution < 1.29 is 14.6 Å². The number of methoxy groups -OCH3 is 1. The lowest BCUT2D eigenvalue weighted by molar-refractivity contribution is -0.136. The minimum absolute atomic E-state index is 0.192. The molecule has 0 unspecified atom stereocenters. The zero-order chi connectivity index (χ0) is 12.1. The number of nitrogens with zero attached hydrogens (tertiary/aromatic N) is 1. The van der Waals surface area contributed by atoms with E-state index in [-0.39, 0.29) is 12.3 Å². The molecule has 1 rings (SSSR count). The Morgan fingerprint density at radius 3 is 2.75 bits per heavy atom. The van der Waals surface area contributed by atoms with Crippen LogP contribution >= 0.6 is 11.6 Å². The van der Waals surface area contributed by atoms with E-state index < -0.39 is 5.97 Å². The molecule has 84 valence electrons. The van der Waals surface area contributed by atoms with Gasteiger partial charge in [-0.15, -0.1) is 11.6 Å². The van der Waals surface area contributed by atoms with Crippen LogP contribution in [-0.2, 0) is 17.1 Å².